The van der Waals surface area contributed by atoms with E-state index >= 15 is 0 Å². The Balaban J connectivity index is 1.16. The van der Waals surface area contributed by atoms with Crippen molar-refractivity contribution in [3.63, 3.8) is 0 Å². The minimum atomic E-state index is -0.488. The second kappa shape index (κ2) is 6.80. The summed E-state index contributed by atoms with van der Waals surface area (Å²) in [6.07, 6.45) is 3.28. The number of β-amino-alcohol motifs (C(OH)–C–C–N with tert-alkyl or cyclic N) is 1. The number of hydrogen-bond donors (Lipinski definition) is 1. The molecule has 1 saturated heterocycles. The fraction of sp³-hybridized carbons (Fsp3) is 0.471. The Labute approximate surface area is 140 Å². The lowest BCUT2D eigenvalue weighted by atomic mass is 10.1. The Morgan fingerprint density at radius 2 is 2.17 bits per heavy atom. The Hall–Kier alpha value is -2.09. The van der Waals surface area contributed by atoms with Gasteiger partial charge in [0.05, 0.1) is 25.4 Å². The van der Waals surface area contributed by atoms with E-state index in [2.05, 4.69) is 10.00 Å². The summed E-state index contributed by atoms with van der Waals surface area (Å²) < 4.78 is 18.2. The predicted molar refractivity (Wildman–Crippen MR) is 85.9 cm³/mol. The number of nitrogens with zero attached hydrogens (tertiary/aromatic N) is 3. The number of likely N-dealkylation sites (tertiary alicyclic amines) is 1. The van der Waals surface area contributed by atoms with Gasteiger partial charge in [-0.05, 0) is 23.8 Å². The molecule has 0 unspecified atom stereocenters. The number of aromatic nitrogens is 2. The van der Waals surface area contributed by atoms with E-state index in [0.717, 1.165) is 30.2 Å². The van der Waals surface area contributed by atoms with Crippen molar-refractivity contribution < 1.29 is 19.3 Å². The molecule has 0 saturated carbocycles. The van der Waals surface area contributed by atoms with E-state index in [1.54, 1.807) is 6.20 Å². The third-order valence-electron chi connectivity index (χ3n) is 4.32. The van der Waals surface area contributed by atoms with E-state index in [4.69, 9.17) is 14.2 Å². The quantitative estimate of drug-likeness (QED) is 0.818. The van der Waals surface area contributed by atoms with Crippen molar-refractivity contribution in [1.29, 1.82) is 0 Å². The van der Waals surface area contributed by atoms with Crippen LogP contribution in [0.3, 0.4) is 0 Å². The van der Waals surface area contributed by atoms with Crippen LogP contribution in [-0.2, 0) is 11.3 Å². The number of aliphatic hydroxyl groups excluding tert-OH is 1. The number of aliphatic hydroxyl groups is 1. The molecule has 0 radical (unpaired) electrons. The Morgan fingerprint density at radius 1 is 1.29 bits per heavy atom. The maximum absolute atomic E-state index is 10.1. The second-order valence-corrected chi connectivity index (χ2v) is 6.22. The van der Waals surface area contributed by atoms with E-state index in [1.807, 2.05) is 35.1 Å². The molecule has 2 aliphatic heterocycles. The first kappa shape index (κ1) is 15.4. The average Bonchev–Trinajstić information content (AvgIpc) is 3.21. The summed E-state index contributed by atoms with van der Waals surface area (Å²) in [5.41, 5.74) is 1.01. The molecule has 7 nitrogen and oxygen atoms in total. The lowest BCUT2D eigenvalue weighted by molar-refractivity contribution is -0.0134. The zero-order valence-electron chi connectivity index (χ0n) is 13.4. The van der Waals surface area contributed by atoms with Crippen LogP contribution in [0.5, 0.6) is 11.5 Å². The van der Waals surface area contributed by atoms with Crippen LogP contribution in [0.15, 0.2) is 36.7 Å². The molecule has 0 spiro atoms. The Morgan fingerprint density at radius 3 is 3.00 bits per heavy atom. The summed E-state index contributed by atoms with van der Waals surface area (Å²) in [7, 11) is 0. The van der Waals surface area contributed by atoms with Crippen LogP contribution < -0.4 is 9.47 Å². The number of fused-ring (bicyclic) bond motifs is 1. The first-order valence-corrected chi connectivity index (χ1v) is 8.14. The van der Waals surface area contributed by atoms with Crippen LogP contribution >= 0.6 is 0 Å². The van der Waals surface area contributed by atoms with Crippen LogP contribution in [0.4, 0.5) is 0 Å². The second-order valence-electron chi connectivity index (χ2n) is 6.22. The third-order valence-corrected chi connectivity index (χ3v) is 4.32. The monoisotopic (exact) mass is 331 g/mol. The molecule has 1 N–H and O–H groups in total. The van der Waals surface area contributed by atoms with E-state index in [9.17, 15) is 5.11 Å². The maximum Gasteiger partial charge on any atom is 0.231 e. The summed E-state index contributed by atoms with van der Waals surface area (Å²) in [4.78, 5) is 2.21. The highest BCUT2D eigenvalue weighted by atomic mass is 16.7. The van der Waals surface area contributed by atoms with Gasteiger partial charge in [-0.25, -0.2) is 0 Å². The van der Waals surface area contributed by atoms with Crippen molar-refractivity contribution in [2.45, 2.75) is 18.8 Å². The van der Waals surface area contributed by atoms with Gasteiger partial charge in [0.15, 0.2) is 11.5 Å². The largest absolute Gasteiger partial charge is 0.454 e. The zero-order valence-corrected chi connectivity index (χ0v) is 13.4. The minimum absolute atomic E-state index is 0.272. The lowest BCUT2D eigenvalue weighted by Crippen LogP contribution is -2.51. The fourth-order valence-corrected chi connectivity index (χ4v) is 3.05. The number of benzene rings is 1. The Kier molecular flexibility index (Phi) is 4.38. The van der Waals surface area contributed by atoms with Crippen LogP contribution in [0.25, 0.3) is 0 Å². The number of ether oxygens (including phenoxy) is 3. The molecule has 24 heavy (non-hydrogen) atoms. The van der Waals surface area contributed by atoms with Gasteiger partial charge in [0.25, 0.3) is 0 Å². The number of rotatable bonds is 7. The molecule has 3 heterocycles. The molecule has 128 valence electrons. The predicted octanol–water partition coefficient (Wildman–Crippen LogP) is 1.05. The topological polar surface area (TPSA) is 69.0 Å². The van der Waals surface area contributed by atoms with Gasteiger partial charge < -0.3 is 19.3 Å². The van der Waals surface area contributed by atoms with Gasteiger partial charge in [-0.2, -0.15) is 5.10 Å². The van der Waals surface area contributed by atoms with E-state index in [0.29, 0.717) is 25.8 Å². The van der Waals surface area contributed by atoms with Gasteiger partial charge in [0.1, 0.15) is 0 Å². The molecule has 0 amide bonds. The average molecular weight is 331 g/mol. The van der Waals surface area contributed by atoms with Crippen molar-refractivity contribution in [3.05, 3.63) is 42.2 Å². The van der Waals surface area contributed by atoms with Crippen molar-refractivity contribution in [2.24, 2.45) is 0 Å². The summed E-state index contributed by atoms with van der Waals surface area (Å²) >= 11 is 0. The highest BCUT2D eigenvalue weighted by Crippen LogP contribution is 2.32. The van der Waals surface area contributed by atoms with Gasteiger partial charge >= 0.3 is 0 Å². The molecular weight excluding hydrogens is 310 g/mol. The molecule has 7 heteroatoms. The first-order valence-electron chi connectivity index (χ1n) is 8.14. The molecular formula is C17H21N3O4. The van der Waals surface area contributed by atoms with Crippen LogP contribution in [0.1, 0.15) is 11.6 Å². The van der Waals surface area contributed by atoms with Gasteiger partial charge in [-0.15, -0.1) is 0 Å². The zero-order chi connectivity index (χ0) is 16.4. The smallest absolute Gasteiger partial charge is 0.231 e. The van der Waals surface area contributed by atoms with Crippen LogP contribution in [0, 0.1) is 0 Å². The lowest BCUT2D eigenvalue weighted by Gasteiger charge is -2.40. The van der Waals surface area contributed by atoms with E-state index in [1.165, 1.54) is 0 Å². The van der Waals surface area contributed by atoms with Gasteiger partial charge in [0, 0.05) is 32.0 Å². The third kappa shape index (κ3) is 3.38. The Bertz CT molecular complexity index is 670. The van der Waals surface area contributed by atoms with Crippen LogP contribution in [-0.4, -0.2) is 58.9 Å². The highest BCUT2D eigenvalue weighted by Gasteiger charge is 2.29. The van der Waals surface area contributed by atoms with Crippen molar-refractivity contribution in [1.82, 2.24) is 14.7 Å². The normalized spacial score (nSPS) is 18.5. The fourth-order valence-electron chi connectivity index (χ4n) is 3.05. The van der Waals surface area contributed by atoms with Crippen LogP contribution in [0.2, 0.25) is 0 Å². The number of hydrogen-bond acceptors (Lipinski definition) is 6. The summed E-state index contributed by atoms with van der Waals surface area (Å²) in [6, 6.07) is 8.10. The minimum Gasteiger partial charge on any atom is -0.454 e. The summed E-state index contributed by atoms with van der Waals surface area (Å²) in [5, 5.41) is 14.3. The first-order chi connectivity index (χ1) is 11.8. The molecule has 1 aromatic carbocycles. The molecule has 0 aliphatic carbocycles. The summed E-state index contributed by atoms with van der Waals surface area (Å²) in [5.74, 6) is 1.52. The van der Waals surface area contributed by atoms with Crippen molar-refractivity contribution in [3.8, 4) is 11.5 Å². The highest BCUT2D eigenvalue weighted by molar-refractivity contribution is 5.44. The maximum atomic E-state index is 10.1. The van der Waals surface area contributed by atoms with Gasteiger partial charge in [0.2, 0.25) is 6.79 Å². The molecule has 2 aromatic rings. The van der Waals surface area contributed by atoms with Crippen molar-refractivity contribution in [2.75, 3.05) is 33.0 Å². The molecule has 2 aliphatic rings. The molecule has 4 rings (SSSR count). The van der Waals surface area contributed by atoms with Gasteiger partial charge in [-0.3, -0.25) is 9.58 Å². The van der Waals surface area contributed by atoms with Gasteiger partial charge in [-0.1, -0.05) is 6.07 Å². The summed E-state index contributed by atoms with van der Waals surface area (Å²) in [6.45, 7) is 3.50. The molecule has 0 bridgehead atoms. The molecule has 1 aromatic heterocycles. The molecule has 1 fully saturated rings. The van der Waals surface area contributed by atoms with Crippen molar-refractivity contribution >= 4 is 0 Å². The van der Waals surface area contributed by atoms with E-state index < -0.39 is 6.10 Å². The standard InChI is InChI=1S/C17H21N3O4/c21-15(9-19-7-14(8-19)20-5-1-4-18-20)11-22-10-13-2-3-16-17(6-13)24-12-23-16/h1-6,14-15,21H,7-12H2/t15-/m0/s1. The SMILES string of the molecule is O[C@H](COCc1ccc2c(c1)OCO2)CN1CC(n2cccn2)C1. The molecule has 1 atom stereocenters. The van der Waals surface area contributed by atoms with E-state index in [-0.39, 0.29) is 6.79 Å².